The van der Waals surface area contributed by atoms with E-state index in [9.17, 15) is 4.79 Å². The van der Waals surface area contributed by atoms with Gasteiger partial charge >= 0.3 is 0 Å². The standard InChI is InChI=1S/C28H30N4O/c1-19-8-11-22(16-20(19)2)26-27(30-14-13-29-26)28(33)32(17-21-9-10-21)15-12-23-18-31(3)25-7-5-4-6-24(23)25/h4-8,11,13-14,16,18,21H,9-10,12,15,17H2,1-3H3. The summed E-state index contributed by atoms with van der Waals surface area (Å²) in [4.78, 5) is 24.8. The van der Waals surface area contributed by atoms with E-state index in [1.54, 1.807) is 12.4 Å². The Morgan fingerprint density at radius 3 is 2.64 bits per heavy atom. The van der Waals surface area contributed by atoms with E-state index in [0.29, 0.717) is 23.9 Å². The van der Waals surface area contributed by atoms with Gasteiger partial charge in [0, 0.05) is 55.2 Å². The molecule has 0 bridgehead atoms. The summed E-state index contributed by atoms with van der Waals surface area (Å²) in [6.45, 7) is 5.63. The molecule has 0 N–H and O–H groups in total. The molecule has 4 aromatic rings. The lowest BCUT2D eigenvalue weighted by molar-refractivity contribution is 0.0744. The molecule has 1 aliphatic carbocycles. The normalized spacial score (nSPS) is 13.4. The van der Waals surface area contributed by atoms with Gasteiger partial charge in [-0.3, -0.25) is 9.78 Å². The first kappa shape index (κ1) is 21.4. The van der Waals surface area contributed by atoms with Crippen molar-refractivity contribution in [2.24, 2.45) is 13.0 Å². The number of carbonyl (C=O) groups excluding carboxylic acids is 1. The first-order valence-electron chi connectivity index (χ1n) is 11.7. The number of amides is 1. The summed E-state index contributed by atoms with van der Waals surface area (Å²) in [7, 11) is 2.08. The van der Waals surface area contributed by atoms with Crippen LogP contribution in [0, 0.1) is 19.8 Å². The number of hydrogen-bond acceptors (Lipinski definition) is 3. The topological polar surface area (TPSA) is 51.0 Å². The molecule has 2 heterocycles. The fourth-order valence-corrected chi connectivity index (χ4v) is 4.51. The summed E-state index contributed by atoms with van der Waals surface area (Å²) >= 11 is 0. The van der Waals surface area contributed by atoms with Gasteiger partial charge in [0.05, 0.1) is 0 Å². The second-order valence-corrected chi connectivity index (χ2v) is 9.28. The summed E-state index contributed by atoms with van der Waals surface area (Å²) in [5.74, 6) is 0.576. The summed E-state index contributed by atoms with van der Waals surface area (Å²) < 4.78 is 2.16. The predicted octanol–water partition coefficient (Wildman–Crippen LogP) is 5.35. The van der Waals surface area contributed by atoms with Gasteiger partial charge in [0.2, 0.25) is 0 Å². The molecular formula is C28H30N4O. The fraction of sp³-hybridized carbons (Fsp3) is 0.321. The van der Waals surface area contributed by atoms with E-state index in [1.807, 2.05) is 11.0 Å². The van der Waals surface area contributed by atoms with Gasteiger partial charge < -0.3 is 9.47 Å². The average molecular weight is 439 g/mol. The molecule has 1 saturated carbocycles. The van der Waals surface area contributed by atoms with E-state index >= 15 is 0 Å². The van der Waals surface area contributed by atoms with Gasteiger partial charge in [0.1, 0.15) is 5.69 Å². The number of carbonyl (C=O) groups is 1. The van der Waals surface area contributed by atoms with Crippen LogP contribution in [-0.2, 0) is 13.5 Å². The second kappa shape index (κ2) is 8.81. The van der Waals surface area contributed by atoms with Crippen molar-refractivity contribution in [1.82, 2.24) is 19.4 Å². The Balaban J connectivity index is 1.44. The van der Waals surface area contributed by atoms with E-state index in [1.165, 1.54) is 40.4 Å². The van der Waals surface area contributed by atoms with Crippen molar-refractivity contribution in [3.05, 3.63) is 83.4 Å². The number of hydrogen-bond donors (Lipinski definition) is 0. The van der Waals surface area contributed by atoms with Crippen molar-refractivity contribution in [1.29, 1.82) is 0 Å². The van der Waals surface area contributed by atoms with E-state index in [-0.39, 0.29) is 5.91 Å². The third-order valence-electron chi connectivity index (χ3n) is 6.77. The summed E-state index contributed by atoms with van der Waals surface area (Å²) in [5.41, 5.74) is 6.95. The molecule has 0 spiro atoms. The summed E-state index contributed by atoms with van der Waals surface area (Å²) in [5, 5.41) is 1.26. The quantitative estimate of drug-likeness (QED) is 0.391. The Morgan fingerprint density at radius 2 is 1.85 bits per heavy atom. The van der Waals surface area contributed by atoms with Gasteiger partial charge in [-0.2, -0.15) is 0 Å². The van der Waals surface area contributed by atoms with Crippen LogP contribution in [0.4, 0.5) is 0 Å². The molecule has 0 radical (unpaired) electrons. The molecule has 0 atom stereocenters. The number of aryl methyl sites for hydroxylation is 3. The molecule has 2 aromatic heterocycles. The van der Waals surface area contributed by atoms with Gasteiger partial charge in [-0.1, -0.05) is 30.3 Å². The van der Waals surface area contributed by atoms with Crippen molar-refractivity contribution < 1.29 is 4.79 Å². The molecule has 2 aromatic carbocycles. The Labute approximate surface area is 195 Å². The van der Waals surface area contributed by atoms with Crippen LogP contribution in [0.3, 0.4) is 0 Å². The zero-order chi connectivity index (χ0) is 22.9. The number of fused-ring (bicyclic) bond motifs is 1. The Kier molecular flexibility index (Phi) is 5.71. The summed E-state index contributed by atoms with van der Waals surface area (Å²) in [6, 6.07) is 14.7. The molecule has 0 aliphatic heterocycles. The molecular weight excluding hydrogens is 408 g/mol. The third kappa shape index (κ3) is 4.40. The smallest absolute Gasteiger partial charge is 0.274 e. The second-order valence-electron chi connectivity index (χ2n) is 9.28. The van der Waals surface area contributed by atoms with E-state index < -0.39 is 0 Å². The first-order chi connectivity index (χ1) is 16.0. The highest BCUT2D eigenvalue weighted by atomic mass is 16.2. The molecule has 1 aliphatic rings. The zero-order valence-corrected chi connectivity index (χ0v) is 19.6. The number of rotatable bonds is 7. The highest BCUT2D eigenvalue weighted by molar-refractivity contribution is 5.98. The number of aromatic nitrogens is 3. The maximum atomic E-state index is 13.8. The molecule has 5 rings (SSSR count). The lowest BCUT2D eigenvalue weighted by atomic mass is 10.0. The van der Waals surface area contributed by atoms with Gasteiger partial charge in [0.15, 0.2) is 5.69 Å². The number of benzene rings is 2. The van der Waals surface area contributed by atoms with Gasteiger partial charge in [-0.05, 0) is 67.9 Å². The predicted molar refractivity (Wildman–Crippen MR) is 132 cm³/mol. The van der Waals surface area contributed by atoms with Crippen molar-refractivity contribution in [2.75, 3.05) is 13.1 Å². The van der Waals surface area contributed by atoms with Crippen LogP contribution in [0.5, 0.6) is 0 Å². The van der Waals surface area contributed by atoms with Crippen molar-refractivity contribution in [3.63, 3.8) is 0 Å². The molecule has 5 nitrogen and oxygen atoms in total. The van der Waals surface area contributed by atoms with Gasteiger partial charge in [-0.25, -0.2) is 4.98 Å². The molecule has 0 saturated heterocycles. The van der Waals surface area contributed by atoms with E-state index in [4.69, 9.17) is 0 Å². The lowest BCUT2D eigenvalue weighted by Gasteiger charge is -2.23. The first-order valence-corrected chi connectivity index (χ1v) is 11.7. The van der Waals surface area contributed by atoms with Crippen LogP contribution in [0.2, 0.25) is 0 Å². The average Bonchev–Trinajstić information content (AvgIpc) is 3.60. The third-order valence-corrected chi connectivity index (χ3v) is 6.77. The number of para-hydroxylation sites is 1. The minimum absolute atomic E-state index is 0.0246. The Morgan fingerprint density at radius 1 is 1.06 bits per heavy atom. The van der Waals surface area contributed by atoms with Crippen molar-refractivity contribution in [3.8, 4) is 11.3 Å². The zero-order valence-electron chi connectivity index (χ0n) is 19.6. The monoisotopic (exact) mass is 438 g/mol. The van der Waals surface area contributed by atoms with Crippen LogP contribution >= 0.6 is 0 Å². The van der Waals surface area contributed by atoms with Crippen LogP contribution < -0.4 is 0 Å². The Bertz CT molecular complexity index is 1320. The van der Waals surface area contributed by atoms with Crippen LogP contribution in [-0.4, -0.2) is 38.4 Å². The van der Waals surface area contributed by atoms with Crippen molar-refractivity contribution in [2.45, 2.75) is 33.1 Å². The van der Waals surface area contributed by atoms with Crippen LogP contribution in [0.25, 0.3) is 22.2 Å². The van der Waals surface area contributed by atoms with Gasteiger partial charge in [-0.15, -0.1) is 0 Å². The highest BCUT2D eigenvalue weighted by Crippen LogP contribution is 2.31. The lowest BCUT2D eigenvalue weighted by Crippen LogP contribution is -2.35. The highest BCUT2D eigenvalue weighted by Gasteiger charge is 2.29. The molecule has 33 heavy (non-hydrogen) atoms. The van der Waals surface area contributed by atoms with Gasteiger partial charge in [0.25, 0.3) is 5.91 Å². The van der Waals surface area contributed by atoms with Crippen LogP contribution in [0.1, 0.15) is 40.0 Å². The maximum absolute atomic E-state index is 13.8. The largest absolute Gasteiger partial charge is 0.350 e. The molecule has 168 valence electrons. The minimum atomic E-state index is -0.0246. The van der Waals surface area contributed by atoms with Crippen molar-refractivity contribution >= 4 is 16.8 Å². The number of nitrogens with zero attached hydrogens (tertiary/aromatic N) is 4. The molecule has 0 unspecified atom stereocenters. The SMILES string of the molecule is Cc1ccc(-c2nccnc2C(=O)N(CCc2cn(C)c3ccccc23)CC2CC2)cc1C. The summed E-state index contributed by atoms with van der Waals surface area (Å²) in [6.07, 6.45) is 8.69. The molecule has 5 heteroatoms. The Hall–Kier alpha value is -3.47. The van der Waals surface area contributed by atoms with E-state index in [0.717, 1.165) is 18.5 Å². The molecule has 1 fully saturated rings. The van der Waals surface area contributed by atoms with Crippen LogP contribution in [0.15, 0.2) is 61.1 Å². The minimum Gasteiger partial charge on any atom is -0.350 e. The van der Waals surface area contributed by atoms with E-state index in [2.05, 4.69) is 78.0 Å². The fourth-order valence-electron chi connectivity index (χ4n) is 4.51. The maximum Gasteiger partial charge on any atom is 0.274 e. The molecule has 1 amide bonds.